The molecule has 2 bridgehead atoms. The van der Waals surface area contributed by atoms with Gasteiger partial charge in [-0.15, -0.1) is 0 Å². The third kappa shape index (κ3) is 1.97. The molecule has 0 amide bonds. The standard InChI is InChI=1S/C16H24O4/c1-5-19-14(17)13-11-7-8-12(9-11)16(13,10(3)4)15(18)20-6-2/h7-8,10-13H,5-6,9H2,1-4H3. The molecule has 0 N–H and O–H groups in total. The summed E-state index contributed by atoms with van der Waals surface area (Å²) in [6, 6.07) is 0. The number of fused-ring (bicyclic) bond motifs is 2. The fourth-order valence-corrected chi connectivity index (χ4v) is 4.07. The molecule has 0 aliphatic heterocycles. The van der Waals surface area contributed by atoms with Crippen LogP contribution in [0.1, 0.15) is 34.1 Å². The van der Waals surface area contributed by atoms with Crippen molar-refractivity contribution < 1.29 is 19.1 Å². The highest BCUT2D eigenvalue weighted by Crippen LogP contribution is 2.60. The van der Waals surface area contributed by atoms with Gasteiger partial charge in [0.2, 0.25) is 0 Å². The van der Waals surface area contributed by atoms with Crippen molar-refractivity contribution in [1.82, 2.24) is 0 Å². The van der Waals surface area contributed by atoms with Gasteiger partial charge in [-0.3, -0.25) is 9.59 Å². The Morgan fingerprint density at radius 2 is 1.85 bits per heavy atom. The van der Waals surface area contributed by atoms with Crippen LogP contribution in [0.5, 0.6) is 0 Å². The Balaban J connectivity index is 2.43. The third-order valence-electron chi connectivity index (χ3n) is 4.80. The zero-order valence-corrected chi connectivity index (χ0v) is 12.7. The van der Waals surface area contributed by atoms with Gasteiger partial charge in [0.05, 0.1) is 24.5 Å². The van der Waals surface area contributed by atoms with E-state index >= 15 is 0 Å². The van der Waals surface area contributed by atoms with Crippen molar-refractivity contribution in [3.05, 3.63) is 12.2 Å². The Labute approximate surface area is 120 Å². The zero-order chi connectivity index (χ0) is 14.9. The van der Waals surface area contributed by atoms with Crippen molar-refractivity contribution in [2.24, 2.45) is 29.1 Å². The summed E-state index contributed by atoms with van der Waals surface area (Å²) >= 11 is 0. The van der Waals surface area contributed by atoms with Gasteiger partial charge in [-0.1, -0.05) is 26.0 Å². The second-order valence-electron chi connectivity index (χ2n) is 5.93. The van der Waals surface area contributed by atoms with Crippen LogP contribution in [0.4, 0.5) is 0 Å². The minimum atomic E-state index is -0.762. The molecule has 2 aliphatic carbocycles. The molecular weight excluding hydrogens is 256 g/mol. The van der Waals surface area contributed by atoms with E-state index in [4.69, 9.17) is 9.47 Å². The largest absolute Gasteiger partial charge is 0.466 e. The predicted octanol–water partition coefficient (Wildman–Crippen LogP) is 2.58. The molecule has 4 heteroatoms. The molecule has 0 aromatic rings. The minimum absolute atomic E-state index is 0.0379. The molecule has 4 atom stereocenters. The molecule has 0 saturated heterocycles. The van der Waals surface area contributed by atoms with Crippen LogP contribution in [-0.2, 0) is 19.1 Å². The number of esters is 2. The normalized spacial score (nSPS) is 34.5. The third-order valence-corrected chi connectivity index (χ3v) is 4.80. The number of carbonyl (C=O) groups excluding carboxylic acids is 2. The van der Waals surface area contributed by atoms with E-state index in [0.29, 0.717) is 13.2 Å². The highest BCUT2D eigenvalue weighted by Gasteiger charge is 2.65. The van der Waals surface area contributed by atoms with Crippen LogP contribution in [0.25, 0.3) is 0 Å². The van der Waals surface area contributed by atoms with Crippen molar-refractivity contribution >= 4 is 11.9 Å². The molecule has 1 fully saturated rings. The second-order valence-corrected chi connectivity index (χ2v) is 5.93. The van der Waals surface area contributed by atoms with Crippen LogP contribution >= 0.6 is 0 Å². The lowest BCUT2D eigenvalue weighted by Crippen LogP contribution is -2.50. The van der Waals surface area contributed by atoms with E-state index in [9.17, 15) is 9.59 Å². The second kappa shape index (κ2) is 5.58. The first-order valence-electron chi connectivity index (χ1n) is 7.52. The molecule has 1 saturated carbocycles. The van der Waals surface area contributed by atoms with Crippen LogP contribution in [0.2, 0.25) is 0 Å². The van der Waals surface area contributed by atoms with Crippen LogP contribution in [0, 0.1) is 29.1 Å². The first kappa shape index (κ1) is 15.1. The maximum absolute atomic E-state index is 12.7. The maximum atomic E-state index is 12.7. The Hall–Kier alpha value is -1.32. The highest BCUT2D eigenvalue weighted by atomic mass is 16.5. The number of rotatable bonds is 5. The van der Waals surface area contributed by atoms with Crippen molar-refractivity contribution in [2.75, 3.05) is 13.2 Å². The van der Waals surface area contributed by atoms with E-state index in [-0.39, 0.29) is 29.7 Å². The summed E-state index contributed by atoms with van der Waals surface area (Å²) in [6.07, 6.45) is 4.99. The molecule has 4 nitrogen and oxygen atoms in total. The minimum Gasteiger partial charge on any atom is -0.466 e. The van der Waals surface area contributed by atoms with Gasteiger partial charge >= 0.3 is 11.9 Å². The van der Waals surface area contributed by atoms with E-state index in [1.807, 2.05) is 13.8 Å². The zero-order valence-electron chi connectivity index (χ0n) is 12.7. The Bertz CT molecular complexity index is 426. The van der Waals surface area contributed by atoms with Crippen molar-refractivity contribution in [1.29, 1.82) is 0 Å². The van der Waals surface area contributed by atoms with Crippen molar-refractivity contribution in [3.63, 3.8) is 0 Å². The molecule has 0 radical (unpaired) electrons. The lowest BCUT2D eigenvalue weighted by atomic mass is 9.62. The molecule has 0 heterocycles. The summed E-state index contributed by atoms with van der Waals surface area (Å²) in [4.78, 5) is 25.1. The van der Waals surface area contributed by atoms with E-state index in [0.717, 1.165) is 6.42 Å². The number of allylic oxidation sites excluding steroid dienone is 2. The lowest BCUT2D eigenvalue weighted by Gasteiger charge is -2.41. The topological polar surface area (TPSA) is 52.6 Å². The molecule has 0 aromatic carbocycles. The number of ether oxygens (including phenoxy) is 2. The molecule has 20 heavy (non-hydrogen) atoms. The first-order chi connectivity index (χ1) is 9.49. The van der Waals surface area contributed by atoms with E-state index in [2.05, 4.69) is 12.2 Å². The number of hydrogen-bond donors (Lipinski definition) is 0. The van der Waals surface area contributed by atoms with Gasteiger partial charge in [0.25, 0.3) is 0 Å². The number of hydrogen-bond acceptors (Lipinski definition) is 4. The lowest BCUT2D eigenvalue weighted by molar-refractivity contribution is -0.175. The molecule has 2 rings (SSSR count). The highest BCUT2D eigenvalue weighted by molar-refractivity contribution is 5.88. The Kier molecular flexibility index (Phi) is 4.21. The summed E-state index contributed by atoms with van der Waals surface area (Å²) in [7, 11) is 0. The van der Waals surface area contributed by atoms with Gasteiger partial charge in [-0.05, 0) is 38.0 Å². The average Bonchev–Trinajstić information content (AvgIpc) is 2.97. The van der Waals surface area contributed by atoms with Crippen LogP contribution in [-0.4, -0.2) is 25.2 Å². The van der Waals surface area contributed by atoms with Crippen LogP contribution in [0.3, 0.4) is 0 Å². The average molecular weight is 280 g/mol. The van der Waals surface area contributed by atoms with Gasteiger partial charge in [0, 0.05) is 0 Å². The van der Waals surface area contributed by atoms with E-state index in [1.165, 1.54) is 0 Å². The smallest absolute Gasteiger partial charge is 0.313 e. The van der Waals surface area contributed by atoms with E-state index < -0.39 is 11.3 Å². The van der Waals surface area contributed by atoms with Gasteiger partial charge in [-0.2, -0.15) is 0 Å². The summed E-state index contributed by atoms with van der Waals surface area (Å²) in [6.45, 7) is 8.27. The predicted molar refractivity (Wildman–Crippen MR) is 74.8 cm³/mol. The monoisotopic (exact) mass is 280 g/mol. The summed E-state index contributed by atoms with van der Waals surface area (Å²) in [5.74, 6) is -0.685. The van der Waals surface area contributed by atoms with Gasteiger partial charge in [0.1, 0.15) is 0 Å². The van der Waals surface area contributed by atoms with Crippen molar-refractivity contribution in [2.45, 2.75) is 34.1 Å². The summed E-state index contributed by atoms with van der Waals surface area (Å²) < 4.78 is 10.6. The SMILES string of the molecule is CCOC(=O)C1C2C=CC(C2)C1(C(=O)OCC)C(C)C. The van der Waals surface area contributed by atoms with Gasteiger partial charge in [-0.25, -0.2) is 0 Å². The number of carbonyl (C=O) groups is 2. The molecule has 0 spiro atoms. The van der Waals surface area contributed by atoms with Crippen molar-refractivity contribution in [3.8, 4) is 0 Å². The fraction of sp³-hybridized carbons (Fsp3) is 0.750. The molecule has 0 aromatic heterocycles. The quantitative estimate of drug-likeness (QED) is 0.574. The maximum Gasteiger partial charge on any atom is 0.313 e. The molecule has 2 aliphatic rings. The molecular formula is C16H24O4. The van der Waals surface area contributed by atoms with E-state index in [1.54, 1.807) is 13.8 Å². The Morgan fingerprint density at radius 1 is 1.20 bits per heavy atom. The molecule has 112 valence electrons. The van der Waals surface area contributed by atoms with Gasteiger partial charge < -0.3 is 9.47 Å². The molecule has 4 unspecified atom stereocenters. The summed E-state index contributed by atoms with van der Waals surface area (Å²) in [5.41, 5.74) is -0.762. The van der Waals surface area contributed by atoms with Gasteiger partial charge in [0.15, 0.2) is 0 Å². The first-order valence-corrected chi connectivity index (χ1v) is 7.52. The van der Waals surface area contributed by atoms with Crippen LogP contribution < -0.4 is 0 Å². The Morgan fingerprint density at radius 3 is 2.40 bits per heavy atom. The summed E-state index contributed by atoms with van der Waals surface area (Å²) in [5, 5.41) is 0. The van der Waals surface area contributed by atoms with Crippen LogP contribution in [0.15, 0.2) is 12.2 Å². The fourth-order valence-electron chi connectivity index (χ4n) is 4.07.